The zero-order chi connectivity index (χ0) is 32.9. The average molecular weight is 713 g/mol. The van der Waals surface area contributed by atoms with Gasteiger partial charge in [-0.05, 0) is 86.9 Å². The maximum Gasteiger partial charge on any atom is 0.268 e. The molecule has 5 heterocycles. The van der Waals surface area contributed by atoms with Gasteiger partial charge in [0.05, 0.1) is 59.8 Å². The Hall–Kier alpha value is -0.500. The van der Waals surface area contributed by atoms with Gasteiger partial charge in [0, 0.05) is 11.8 Å². The van der Waals surface area contributed by atoms with Gasteiger partial charge in [-0.25, -0.2) is 0 Å². The maximum absolute atomic E-state index is 12.9. The predicted molar refractivity (Wildman–Crippen MR) is 179 cm³/mol. The molecule has 0 radical (unpaired) electrons. The van der Waals surface area contributed by atoms with E-state index in [-0.39, 0.29) is 73.0 Å². The van der Waals surface area contributed by atoms with Crippen molar-refractivity contribution in [3.8, 4) is 0 Å². The monoisotopic (exact) mass is 712 g/mol. The first kappa shape index (κ1) is 33.3. The van der Waals surface area contributed by atoms with Crippen LogP contribution in [0, 0.1) is 47.3 Å². The van der Waals surface area contributed by atoms with Crippen molar-refractivity contribution in [3.05, 3.63) is 0 Å². The highest BCUT2D eigenvalue weighted by atomic mass is 32.2. The number of fused-ring (bicyclic) bond motifs is 20. The molecule has 5 saturated heterocycles. The molecule has 5 aliphatic heterocycles. The van der Waals surface area contributed by atoms with Gasteiger partial charge in [-0.15, -0.1) is 0 Å². The minimum Gasteiger partial charge on any atom is -0.286 e. The lowest BCUT2D eigenvalue weighted by molar-refractivity contribution is 0.167. The van der Waals surface area contributed by atoms with Gasteiger partial charge in [-0.1, -0.05) is 38.5 Å². The third-order valence-electron chi connectivity index (χ3n) is 14.6. The quantitative estimate of drug-likeness (QED) is 0.176. The summed E-state index contributed by atoms with van der Waals surface area (Å²) >= 11 is 0. The molecule has 48 heavy (non-hydrogen) atoms. The smallest absolute Gasteiger partial charge is 0.268 e. The summed E-state index contributed by atoms with van der Waals surface area (Å²) in [5.74, 6) is 1.03. The van der Waals surface area contributed by atoms with Crippen LogP contribution in [0.4, 0.5) is 0 Å². The highest BCUT2D eigenvalue weighted by molar-refractivity contribution is 7.86. The molecule has 18 atom stereocenters. The fourth-order valence-electron chi connectivity index (χ4n) is 12.7. The first-order valence-electron chi connectivity index (χ1n) is 19.1. The van der Waals surface area contributed by atoms with Crippen LogP contribution in [0.2, 0.25) is 0 Å². The van der Waals surface area contributed by atoms with E-state index in [1.54, 1.807) is 0 Å². The van der Waals surface area contributed by atoms with Crippen molar-refractivity contribution < 1.29 is 25.9 Å². The summed E-state index contributed by atoms with van der Waals surface area (Å²) in [6, 6.07) is 0. The predicted octanol–water partition coefficient (Wildman–Crippen LogP) is 0.338. The molecular formula is C32H56N8O6S2. The molecule has 14 nitrogen and oxygen atoms in total. The van der Waals surface area contributed by atoms with Gasteiger partial charge >= 0.3 is 0 Å². The number of rotatable bonds is 2. The zero-order valence-corrected chi connectivity index (χ0v) is 29.3. The fourth-order valence-corrected chi connectivity index (χ4v) is 15.2. The molecule has 10 N–H and O–H groups in total. The second kappa shape index (κ2) is 12.6. The third kappa shape index (κ3) is 5.72. The van der Waals surface area contributed by atoms with E-state index in [9.17, 15) is 25.9 Å². The number of nitrogens with one attached hydrogen (secondary N) is 8. The van der Waals surface area contributed by atoms with Crippen molar-refractivity contribution in [2.24, 2.45) is 47.3 Å². The Labute approximate surface area is 285 Å². The topological polar surface area (TPSA) is 205 Å². The Bertz CT molecular complexity index is 1330. The van der Waals surface area contributed by atoms with E-state index in [0.717, 1.165) is 77.0 Å². The van der Waals surface area contributed by atoms with Gasteiger partial charge in [0.25, 0.3) is 20.2 Å². The van der Waals surface area contributed by atoms with Crippen LogP contribution in [-0.2, 0) is 20.2 Å². The molecular weight excluding hydrogens is 657 g/mol. The molecule has 9 fully saturated rings. The molecule has 18 unspecified atom stereocenters. The molecule has 0 aromatic carbocycles. The second-order valence-electron chi connectivity index (χ2n) is 16.8. The van der Waals surface area contributed by atoms with Crippen LogP contribution >= 0.6 is 0 Å². The number of hydrogen-bond acceptors (Lipinski definition) is 12. The summed E-state index contributed by atoms with van der Waals surface area (Å²) in [5.41, 5.74) is 0. The molecule has 0 amide bonds. The van der Waals surface area contributed by atoms with Crippen molar-refractivity contribution in [2.45, 2.75) is 150 Å². The Kier molecular flexibility index (Phi) is 8.73. The van der Waals surface area contributed by atoms with Gasteiger partial charge < -0.3 is 0 Å². The zero-order valence-electron chi connectivity index (χ0n) is 27.6. The Balaban J connectivity index is 1.09. The molecule has 0 aromatic rings. The van der Waals surface area contributed by atoms with Crippen molar-refractivity contribution >= 4 is 20.2 Å². The van der Waals surface area contributed by atoms with Crippen LogP contribution in [0.3, 0.4) is 0 Å². The average Bonchev–Trinajstić information content (AvgIpc) is 3.79. The lowest BCUT2D eigenvalue weighted by atomic mass is 9.76. The SMILES string of the molecule is O=S(=O)(O)C1CCCC2C3NC4NC(NC5NC(NC6NC(NC(N3)C21)C1CCCCC61)C1CCCC(S(=O)(=O)O)C51)C1CCCCC41. The number of hydrogen-bond donors (Lipinski definition) is 10. The first-order chi connectivity index (χ1) is 23.0. The highest BCUT2D eigenvalue weighted by Gasteiger charge is 2.58. The van der Waals surface area contributed by atoms with E-state index in [2.05, 4.69) is 42.5 Å². The van der Waals surface area contributed by atoms with Crippen LogP contribution in [0.15, 0.2) is 0 Å². The van der Waals surface area contributed by atoms with E-state index >= 15 is 0 Å². The van der Waals surface area contributed by atoms with Gasteiger partial charge in [-0.3, -0.25) is 51.6 Å². The van der Waals surface area contributed by atoms with E-state index in [0.29, 0.717) is 36.5 Å². The molecule has 9 aliphatic rings. The Morgan fingerprint density at radius 2 is 0.583 bits per heavy atom. The van der Waals surface area contributed by atoms with Crippen LogP contribution in [0.25, 0.3) is 0 Å². The molecule has 0 aromatic heterocycles. The third-order valence-corrected chi connectivity index (χ3v) is 17.3. The van der Waals surface area contributed by atoms with E-state index in [4.69, 9.17) is 0 Å². The minimum atomic E-state index is -4.23. The molecule has 4 saturated carbocycles. The summed E-state index contributed by atoms with van der Waals surface area (Å²) in [6.07, 6.45) is 12.3. The molecule has 4 aliphatic carbocycles. The first-order valence-corrected chi connectivity index (χ1v) is 22.1. The molecule has 272 valence electrons. The molecule has 9 rings (SSSR count). The van der Waals surface area contributed by atoms with Gasteiger partial charge in [-0.2, -0.15) is 16.8 Å². The summed E-state index contributed by atoms with van der Waals surface area (Å²) in [4.78, 5) is 0. The summed E-state index contributed by atoms with van der Waals surface area (Å²) in [5, 5.41) is 29.6. The highest BCUT2D eigenvalue weighted by Crippen LogP contribution is 2.47. The van der Waals surface area contributed by atoms with E-state index in [1.165, 1.54) is 0 Å². The summed E-state index contributed by atoms with van der Waals surface area (Å²) < 4.78 is 72.4. The second-order valence-corrected chi connectivity index (χ2v) is 20.1. The van der Waals surface area contributed by atoms with Crippen LogP contribution in [0.1, 0.15) is 89.9 Å². The Morgan fingerprint density at radius 3 is 0.875 bits per heavy atom. The summed E-state index contributed by atoms with van der Waals surface area (Å²) in [7, 11) is -8.46. The van der Waals surface area contributed by atoms with E-state index in [1.807, 2.05) is 0 Å². The fraction of sp³-hybridized carbons (Fsp3) is 1.00. The molecule has 16 heteroatoms. The van der Waals surface area contributed by atoms with Crippen molar-refractivity contribution in [1.29, 1.82) is 0 Å². The van der Waals surface area contributed by atoms with Crippen molar-refractivity contribution in [1.82, 2.24) is 42.5 Å². The normalized spacial score (nSPS) is 53.8. The van der Waals surface area contributed by atoms with Gasteiger partial charge in [0.1, 0.15) is 0 Å². The Morgan fingerprint density at radius 1 is 0.333 bits per heavy atom. The van der Waals surface area contributed by atoms with Crippen LogP contribution < -0.4 is 42.5 Å². The van der Waals surface area contributed by atoms with E-state index < -0.39 is 30.7 Å². The minimum absolute atomic E-state index is 0.00437. The maximum atomic E-state index is 12.9. The van der Waals surface area contributed by atoms with Crippen LogP contribution in [-0.4, -0.2) is 85.8 Å². The molecule has 8 bridgehead atoms. The lowest BCUT2D eigenvalue weighted by Crippen LogP contribution is -2.62. The largest absolute Gasteiger partial charge is 0.286 e. The van der Waals surface area contributed by atoms with Crippen LogP contribution in [0.5, 0.6) is 0 Å². The standard InChI is InChI=1S/C32H56N8O6S2/c41-47(42,43)21-13-5-11-19-23(21)32-38-28-18-10-4-2-8-16(18)26(34-28)36-30-20-12-6-14-22(48(44,45)46)24(20)31(40-30)37-27-17-9-3-1-7-15(17)25(33-27)35-29(19)39-32/h15-40H,1-14H2,(H,41,42,43)(H,44,45,46). The molecule has 0 spiro atoms. The van der Waals surface area contributed by atoms with Crippen molar-refractivity contribution in [3.63, 3.8) is 0 Å². The van der Waals surface area contributed by atoms with Gasteiger partial charge in [0.2, 0.25) is 0 Å². The summed E-state index contributed by atoms with van der Waals surface area (Å²) in [6.45, 7) is 0. The van der Waals surface area contributed by atoms with Gasteiger partial charge in [0.15, 0.2) is 0 Å². The van der Waals surface area contributed by atoms with Crippen molar-refractivity contribution in [2.75, 3.05) is 0 Å². The lowest BCUT2D eigenvalue weighted by Gasteiger charge is -2.38.